The maximum atomic E-state index is 13.9. The minimum atomic E-state index is -0.736. The highest BCUT2D eigenvalue weighted by Gasteiger charge is 2.19. The number of tetrazole rings is 1. The quantitative estimate of drug-likeness (QED) is 0.259. The van der Waals surface area contributed by atoms with Gasteiger partial charge < -0.3 is 4.42 Å². The molecule has 0 aliphatic rings. The maximum Gasteiger partial charge on any atom is 0.253 e. The average molecular weight is 454 g/mol. The van der Waals surface area contributed by atoms with Crippen LogP contribution in [-0.2, 0) is 4.79 Å². The Morgan fingerprint density at radius 2 is 2.00 bits per heavy atom. The zero-order valence-electron chi connectivity index (χ0n) is 16.6. The van der Waals surface area contributed by atoms with Gasteiger partial charge in [-0.3, -0.25) is 4.79 Å². The normalized spacial score (nSPS) is 12.2. The third kappa shape index (κ3) is 4.89. The third-order valence-corrected chi connectivity index (χ3v) is 5.32. The number of halogens is 2. The molecule has 1 N–H and O–H groups in total. The molecule has 0 radical (unpaired) electrons. The molecule has 4 rings (SSSR count). The van der Waals surface area contributed by atoms with Gasteiger partial charge in [-0.1, -0.05) is 30.0 Å². The molecular formula is C21H16F2N6O2S. The number of hydrogen-bond donors (Lipinski definition) is 1. The largest absolute Gasteiger partial charge is 0.455 e. The van der Waals surface area contributed by atoms with E-state index in [1.54, 1.807) is 13.0 Å². The maximum absolute atomic E-state index is 13.9. The Labute approximate surface area is 185 Å². The van der Waals surface area contributed by atoms with Crippen LogP contribution in [0, 0.1) is 11.6 Å². The molecule has 0 spiro atoms. The number of benzene rings is 2. The fourth-order valence-corrected chi connectivity index (χ4v) is 3.50. The molecule has 1 unspecified atom stereocenters. The lowest BCUT2D eigenvalue weighted by Crippen LogP contribution is -2.27. The van der Waals surface area contributed by atoms with Crippen molar-refractivity contribution in [2.24, 2.45) is 5.10 Å². The summed E-state index contributed by atoms with van der Waals surface area (Å²) in [5, 5.41) is 15.4. The van der Waals surface area contributed by atoms with Gasteiger partial charge in [0.25, 0.3) is 5.91 Å². The highest BCUT2D eigenvalue weighted by molar-refractivity contribution is 8.00. The monoisotopic (exact) mass is 454 g/mol. The van der Waals surface area contributed by atoms with E-state index in [9.17, 15) is 13.6 Å². The molecule has 0 saturated heterocycles. The summed E-state index contributed by atoms with van der Waals surface area (Å²) in [6.45, 7) is 1.70. The van der Waals surface area contributed by atoms with Gasteiger partial charge in [-0.25, -0.2) is 14.2 Å². The van der Waals surface area contributed by atoms with Crippen molar-refractivity contribution in [2.45, 2.75) is 17.3 Å². The van der Waals surface area contributed by atoms with Crippen molar-refractivity contribution in [3.63, 3.8) is 0 Å². The first kappa shape index (κ1) is 21.4. The standard InChI is InChI=1S/C21H16F2N6O2S/c1-13(32-21-26-27-28-29(21)15-5-3-2-4-6-15)20(30)25-24-12-16-8-10-19(31-16)17-9-7-14(22)11-18(17)23/h2-13H,1H3,(H,25,30). The molecular weight excluding hydrogens is 438 g/mol. The SMILES string of the molecule is CC(Sc1nnnn1-c1ccccc1)C(=O)NN=Cc1ccc(-c2ccc(F)cc2F)o1. The van der Waals surface area contributed by atoms with Gasteiger partial charge >= 0.3 is 0 Å². The first-order chi connectivity index (χ1) is 15.5. The summed E-state index contributed by atoms with van der Waals surface area (Å²) in [6.07, 6.45) is 1.29. The van der Waals surface area contributed by atoms with Crippen LogP contribution in [0.4, 0.5) is 8.78 Å². The van der Waals surface area contributed by atoms with E-state index in [1.807, 2.05) is 30.3 Å². The van der Waals surface area contributed by atoms with Crippen LogP contribution >= 0.6 is 11.8 Å². The zero-order valence-corrected chi connectivity index (χ0v) is 17.5. The molecule has 2 aromatic heterocycles. The molecule has 2 heterocycles. The number of furan rings is 1. The van der Waals surface area contributed by atoms with E-state index in [1.165, 1.54) is 34.8 Å². The summed E-state index contributed by atoms with van der Waals surface area (Å²) in [7, 11) is 0. The van der Waals surface area contributed by atoms with E-state index in [0.717, 1.165) is 17.8 Å². The molecule has 162 valence electrons. The topological polar surface area (TPSA) is 98.2 Å². The van der Waals surface area contributed by atoms with Crippen LogP contribution in [0.1, 0.15) is 12.7 Å². The third-order valence-electron chi connectivity index (χ3n) is 4.28. The number of carbonyl (C=O) groups excluding carboxylic acids is 1. The Hall–Kier alpha value is -3.86. The Morgan fingerprint density at radius 1 is 1.19 bits per heavy atom. The van der Waals surface area contributed by atoms with E-state index < -0.39 is 16.9 Å². The lowest BCUT2D eigenvalue weighted by Gasteiger charge is -2.09. The van der Waals surface area contributed by atoms with E-state index >= 15 is 0 Å². The van der Waals surface area contributed by atoms with Gasteiger partial charge in [-0.15, -0.1) is 5.10 Å². The lowest BCUT2D eigenvalue weighted by atomic mass is 10.1. The van der Waals surface area contributed by atoms with Crippen LogP contribution in [0.15, 0.2) is 75.3 Å². The predicted molar refractivity (Wildman–Crippen MR) is 114 cm³/mol. The Morgan fingerprint density at radius 3 is 2.78 bits per heavy atom. The number of nitrogens with zero attached hydrogens (tertiary/aromatic N) is 5. The van der Waals surface area contributed by atoms with Crippen LogP contribution in [0.25, 0.3) is 17.0 Å². The number of hydrogen-bond acceptors (Lipinski definition) is 7. The second-order valence-corrected chi connectivity index (χ2v) is 7.84. The molecule has 4 aromatic rings. The highest BCUT2D eigenvalue weighted by atomic mass is 32.2. The Kier molecular flexibility index (Phi) is 6.36. The van der Waals surface area contributed by atoms with Crippen molar-refractivity contribution in [3.05, 3.63) is 78.1 Å². The van der Waals surface area contributed by atoms with Gasteiger partial charge in [0.1, 0.15) is 23.2 Å². The average Bonchev–Trinajstić information content (AvgIpc) is 3.44. The molecule has 1 atom stereocenters. The molecule has 0 bridgehead atoms. The van der Waals surface area contributed by atoms with Crippen molar-refractivity contribution in [1.29, 1.82) is 0 Å². The molecule has 0 fully saturated rings. The van der Waals surface area contributed by atoms with E-state index in [0.29, 0.717) is 5.16 Å². The van der Waals surface area contributed by atoms with E-state index in [-0.39, 0.29) is 23.0 Å². The molecule has 0 aliphatic carbocycles. The number of rotatable bonds is 7. The van der Waals surface area contributed by atoms with Crippen LogP contribution in [0.5, 0.6) is 0 Å². The number of aromatic nitrogens is 4. The van der Waals surface area contributed by atoms with Gasteiger partial charge in [0, 0.05) is 6.07 Å². The molecule has 8 nitrogen and oxygen atoms in total. The summed E-state index contributed by atoms with van der Waals surface area (Å²) in [5.41, 5.74) is 3.31. The Bertz CT molecular complexity index is 1260. The summed E-state index contributed by atoms with van der Waals surface area (Å²) < 4.78 is 34.0. The lowest BCUT2D eigenvalue weighted by molar-refractivity contribution is -0.120. The van der Waals surface area contributed by atoms with Crippen LogP contribution < -0.4 is 5.43 Å². The van der Waals surface area contributed by atoms with Crippen molar-refractivity contribution in [2.75, 3.05) is 0 Å². The first-order valence-corrected chi connectivity index (χ1v) is 10.3. The van der Waals surface area contributed by atoms with E-state index in [4.69, 9.17) is 4.42 Å². The number of hydrazone groups is 1. The smallest absolute Gasteiger partial charge is 0.253 e. The molecule has 0 aliphatic heterocycles. The van der Waals surface area contributed by atoms with Crippen LogP contribution in [0.2, 0.25) is 0 Å². The van der Waals surface area contributed by atoms with Crippen molar-refractivity contribution >= 4 is 23.9 Å². The number of nitrogens with one attached hydrogen (secondary N) is 1. The summed E-state index contributed by atoms with van der Waals surface area (Å²) in [4.78, 5) is 12.4. The fraction of sp³-hybridized carbons (Fsp3) is 0.0952. The zero-order chi connectivity index (χ0) is 22.5. The predicted octanol–water partition coefficient (Wildman–Crippen LogP) is 3.83. The molecule has 32 heavy (non-hydrogen) atoms. The van der Waals surface area contributed by atoms with Gasteiger partial charge in [0.15, 0.2) is 0 Å². The van der Waals surface area contributed by atoms with Gasteiger partial charge in [-0.05, 0) is 53.7 Å². The number of carbonyl (C=O) groups is 1. The number of amides is 1. The second-order valence-electron chi connectivity index (χ2n) is 6.53. The summed E-state index contributed by atoms with van der Waals surface area (Å²) >= 11 is 1.18. The number of para-hydroxylation sites is 1. The van der Waals surface area contributed by atoms with Crippen LogP contribution in [-0.4, -0.2) is 37.6 Å². The van der Waals surface area contributed by atoms with Crippen molar-refractivity contribution < 1.29 is 18.0 Å². The molecule has 2 aromatic carbocycles. The van der Waals surface area contributed by atoms with Gasteiger partial charge in [0.05, 0.1) is 22.7 Å². The van der Waals surface area contributed by atoms with Crippen molar-refractivity contribution in [3.8, 4) is 17.0 Å². The molecule has 11 heteroatoms. The highest BCUT2D eigenvalue weighted by Crippen LogP contribution is 2.25. The summed E-state index contributed by atoms with van der Waals surface area (Å²) in [5.74, 6) is -1.28. The van der Waals surface area contributed by atoms with Crippen LogP contribution in [0.3, 0.4) is 0 Å². The fourth-order valence-electron chi connectivity index (χ4n) is 2.70. The second kappa shape index (κ2) is 9.52. The van der Waals surface area contributed by atoms with Gasteiger partial charge in [0.2, 0.25) is 5.16 Å². The van der Waals surface area contributed by atoms with Gasteiger partial charge in [-0.2, -0.15) is 9.78 Å². The minimum Gasteiger partial charge on any atom is -0.455 e. The Balaban J connectivity index is 1.36. The van der Waals surface area contributed by atoms with E-state index in [2.05, 4.69) is 26.1 Å². The molecule has 1 amide bonds. The molecule has 0 saturated carbocycles. The first-order valence-electron chi connectivity index (χ1n) is 9.40. The number of thioether (sulfide) groups is 1. The van der Waals surface area contributed by atoms with Crippen molar-refractivity contribution in [1.82, 2.24) is 25.6 Å². The summed E-state index contributed by atoms with van der Waals surface area (Å²) in [6, 6.07) is 15.6. The minimum absolute atomic E-state index is 0.122.